The topological polar surface area (TPSA) is 62.5 Å². The van der Waals surface area contributed by atoms with E-state index in [4.69, 9.17) is 17.3 Å². The van der Waals surface area contributed by atoms with Crippen molar-refractivity contribution >= 4 is 28.9 Å². The van der Waals surface area contributed by atoms with Crippen molar-refractivity contribution in [1.29, 1.82) is 0 Å². The van der Waals surface area contributed by atoms with Crippen LogP contribution in [0.2, 0.25) is 5.02 Å². The van der Waals surface area contributed by atoms with E-state index in [0.717, 1.165) is 23.8 Å². The average Bonchev–Trinajstić information content (AvgIpc) is 2.55. The van der Waals surface area contributed by atoms with Crippen LogP contribution in [0.3, 0.4) is 0 Å². The molecule has 0 radical (unpaired) electrons. The van der Waals surface area contributed by atoms with Crippen LogP contribution < -0.4 is 10.6 Å². The Balaban J connectivity index is 1.68. The van der Waals surface area contributed by atoms with E-state index in [2.05, 4.69) is 9.88 Å². The largest absolute Gasteiger partial charge is 0.398 e. The molecule has 2 aromatic rings. The molecule has 1 fully saturated rings. The smallest absolute Gasteiger partial charge is 0.257 e. The lowest BCUT2D eigenvalue weighted by Crippen LogP contribution is -2.49. The maximum absolute atomic E-state index is 12.5. The number of amides is 1. The molecule has 1 aliphatic rings. The fraction of sp³-hybridized carbons (Fsp3) is 0.250. The summed E-state index contributed by atoms with van der Waals surface area (Å²) in [6.07, 6.45) is 3.11. The van der Waals surface area contributed by atoms with Crippen LogP contribution in [0.5, 0.6) is 0 Å². The summed E-state index contributed by atoms with van der Waals surface area (Å²) in [5, 5.41) is 0.735. The number of nitrogens with zero attached hydrogens (tertiary/aromatic N) is 3. The number of carbonyl (C=O) groups excluding carboxylic acids is 1. The molecular formula is C16H17ClN4O. The van der Waals surface area contributed by atoms with Gasteiger partial charge >= 0.3 is 0 Å². The van der Waals surface area contributed by atoms with Gasteiger partial charge in [-0.3, -0.25) is 9.78 Å². The minimum atomic E-state index is -0.0654. The van der Waals surface area contributed by atoms with E-state index in [9.17, 15) is 4.79 Å². The second-order valence-corrected chi connectivity index (χ2v) is 5.60. The fourth-order valence-electron chi connectivity index (χ4n) is 2.61. The molecule has 1 aliphatic heterocycles. The number of halogens is 1. The summed E-state index contributed by atoms with van der Waals surface area (Å²) in [4.78, 5) is 20.5. The first kappa shape index (κ1) is 14.7. The van der Waals surface area contributed by atoms with E-state index in [-0.39, 0.29) is 5.91 Å². The van der Waals surface area contributed by atoms with Crippen molar-refractivity contribution in [3.63, 3.8) is 0 Å². The second-order valence-electron chi connectivity index (χ2n) is 5.19. The molecule has 0 atom stereocenters. The van der Waals surface area contributed by atoms with Gasteiger partial charge in [-0.2, -0.15) is 0 Å². The van der Waals surface area contributed by atoms with Crippen LogP contribution in [0.4, 0.5) is 11.4 Å². The van der Waals surface area contributed by atoms with Crippen molar-refractivity contribution in [2.45, 2.75) is 0 Å². The van der Waals surface area contributed by atoms with Crippen molar-refractivity contribution < 1.29 is 4.79 Å². The van der Waals surface area contributed by atoms with Gasteiger partial charge in [-0.25, -0.2) is 0 Å². The van der Waals surface area contributed by atoms with E-state index in [0.29, 0.717) is 24.3 Å². The van der Waals surface area contributed by atoms with E-state index in [1.807, 2.05) is 24.3 Å². The Kier molecular flexibility index (Phi) is 4.15. The number of aromatic nitrogens is 1. The second kappa shape index (κ2) is 6.23. The van der Waals surface area contributed by atoms with Gasteiger partial charge in [0.1, 0.15) is 0 Å². The molecule has 2 heterocycles. The van der Waals surface area contributed by atoms with Gasteiger partial charge in [0.25, 0.3) is 5.91 Å². The van der Waals surface area contributed by atoms with Crippen molar-refractivity contribution in [3.8, 4) is 0 Å². The minimum absolute atomic E-state index is 0.0654. The minimum Gasteiger partial charge on any atom is -0.398 e. The lowest BCUT2D eigenvalue weighted by molar-refractivity contribution is 0.0747. The van der Waals surface area contributed by atoms with E-state index in [1.54, 1.807) is 17.2 Å². The Hall–Kier alpha value is -2.27. The predicted octanol–water partition coefficient (Wildman–Crippen LogP) is 2.28. The highest BCUT2D eigenvalue weighted by Crippen LogP contribution is 2.26. The van der Waals surface area contributed by atoms with E-state index in [1.165, 1.54) is 6.20 Å². The van der Waals surface area contributed by atoms with Gasteiger partial charge in [0.2, 0.25) is 0 Å². The average molecular weight is 317 g/mol. The van der Waals surface area contributed by atoms with Crippen molar-refractivity contribution in [1.82, 2.24) is 9.88 Å². The number of benzene rings is 1. The first-order valence-electron chi connectivity index (χ1n) is 7.15. The number of nitrogen functional groups attached to an aromatic ring is 1. The molecule has 0 saturated carbocycles. The van der Waals surface area contributed by atoms with Crippen molar-refractivity contribution in [3.05, 3.63) is 53.3 Å². The fourth-order valence-corrected chi connectivity index (χ4v) is 2.87. The third-order valence-corrected chi connectivity index (χ3v) is 4.16. The molecule has 3 rings (SSSR count). The van der Waals surface area contributed by atoms with Gasteiger partial charge < -0.3 is 15.5 Å². The molecule has 6 heteroatoms. The van der Waals surface area contributed by atoms with Gasteiger partial charge in [-0.05, 0) is 18.2 Å². The van der Waals surface area contributed by atoms with E-state index < -0.39 is 0 Å². The Morgan fingerprint density at radius 3 is 2.55 bits per heavy atom. The number of piperazine rings is 1. The molecule has 0 spiro atoms. The van der Waals surface area contributed by atoms with Gasteiger partial charge in [0.05, 0.1) is 16.3 Å². The van der Waals surface area contributed by atoms with Crippen LogP contribution in [-0.4, -0.2) is 42.0 Å². The van der Waals surface area contributed by atoms with Crippen LogP contribution in [0, 0.1) is 0 Å². The van der Waals surface area contributed by atoms with Crippen LogP contribution in [-0.2, 0) is 0 Å². The molecule has 0 bridgehead atoms. The lowest BCUT2D eigenvalue weighted by Gasteiger charge is -2.36. The predicted molar refractivity (Wildman–Crippen MR) is 88.2 cm³/mol. The summed E-state index contributed by atoms with van der Waals surface area (Å²) in [5.74, 6) is -0.0654. The van der Waals surface area contributed by atoms with Crippen LogP contribution >= 0.6 is 11.6 Å². The number of nitrogens with two attached hydrogens (primary N) is 1. The van der Waals surface area contributed by atoms with Crippen molar-refractivity contribution in [2.75, 3.05) is 36.8 Å². The molecule has 5 nitrogen and oxygen atoms in total. The standard InChI is InChI=1S/C16H17ClN4O/c17-13-3-1-2-4-15(13)20-7-9-21(10-8-20)16(22)12-11-19-6-5-14(12)18/h1-6,11H,7-10H2,(H2,18,19). The molecule has 0 aliphatic carbocycles. The highest BCUT2D eigenvalue weighted by Gasteiger charge is 2.24. The first-order chi connectivity index (χ1) is 10.7. The SMILES string of the molecule is Nc1ccncc1C(=O)N1CCN(c2ccccc2Cl)CC1. The molecule has 22 heavy (non-hydrogen) atoms. The van der Waals surface area contributed by atoms with Gasteiger partial charge in [0.15, 0.2) is 0 Å². The number of rotatable bonds is 2. The third-order valence-electron chi connectivity index (χ3n) is 3.85. The van der Waals surface area contributed by atoms with Crippen LogP contribution in [0.15, 0.2) is 42.7 Å². The molecular weight excluding hydrogens is 300 g/mol. The molecule has 1 amide bonds. The lowest BCUT2D eigenvalue weighted by atomic mass is 10.2. The molecule has 1 aromatic heterocycles. The monoisotopic (exact) mass is 316 g/mol. The molecule has 114 valence electrons. The highest BCUT2D eigenvalue weighted by molar-refractivity contribution is 6.33. The van der Waals surface area contributed by atoms with Gasteiger partial charge in [-0.15, -0.1) is 0 Å². The number of carbonyl (C=O) groups is 1. The van der Waals surface area contributed by atoms with Gasteiger partial charge in [0, 0.05) is 44.3 Å². The Morgan fingerprint density at radius 1 is 1.14 bits per heavy atom. The molecule has 2 N–H and O–H groups in total. The maximum atomic E-state index is 12.5. The molecule has 0 unspecified atom stereocenters. The number of pyridine rings is 1. The zero-order valence-electron chi connectivity index (χ0n) is 12.1. The van der Waals surface area contributed by atoms with E-state index >= 15 is 0 Å². The number of para-hydroxylation sites is 1. The normalized spacial score (nSPS) is 15.0. The summed E-state index contributed by atoms with van der Waals surface area (Å²) in [5.41, 5.74) is 7.79. The quantitative estimate of drug-likeness (QED) is 0.923. The Bertz CT molecular complexity index is 683. The zero-order valence-corrected chi connectivity index (χ0v) is 12.8. The maximum Gasteiger partial charge on any atom is 0.257 e. The molecule has 1 saturated heterocycles. The Morgan fingerprint density at radius 2 is 1.86 bits per heavy atom. The van der Waals surface area contributed by atoms with Gasteiger partial charge in [-0.1, -0.05) is 23.7 Å². The summed E-state index contributed by atoms with van der Waals surface area (Å²) in [6.45, 7) is 2.77. The third kappa shape index (κ3) is 2.85. The summed E-state index contributed by atoms with van der Waals surface area (Å²) >= 11 is 6.23. The summed E-state index contributed by atoms with van der Waals surface area (Å²) < 4.78 is 0. The molecule has 1 aromatic carbocycles. The Labute approximate surface area is 134 Å². The number of hydrogen-bond acceptors (Lipinski definition) is 4. The first-order valence-corrected chi connectivity index (χ1v) is 7.53. The zero-order chi connectivity index (χ0) is 15.5. The van der Waals surface area contributed by atoms with Crippen LogP contribution in [0.25, 0.3) is 0 Å². The van der Waals surface area contributed by atoms with Crippen molar-refractivity contribution in [2.24, 2.45) is 0 Å². The number of hydrogen-bond donors (Lipinski definition) is 1. The number of anilines is 2. The van der Waals surface area contributed by atoms with Crippen LogP contribution in [0.1, 0.15) is 10.4 Å². The highest BCUT2D eigenvalue weighted by atomic mass is 35.5. The summed E-state index contributed by atoms with van der Waals surface area (Å²) in [6, 6.07) is 9.41. The summed E-state index contributed by atoms with van der Waals surface area (Å²) in [7, 11) is 0.